The molecule has 0 bridgehead atoms. The largest absolute Gasteiger partial charge is 0.507 e. The number of rotatable bonds is 8. The first-order valence-electron chi connectivity index (χ1n) is 12.0. The maximum atomic E-state index is 13.6. The van der Waals surface area contributed by atoms with E-state index in [-0.39, 0.29) is 17.7 Å². The number of phenols is 1. The van der Waals surface area contributed by atoms with Gasteiger partial charge in [0.05, 0.1) is 20.3 Å². The number of carbonyl (C=O) groups excluding carboxylic acids is 1. The number of H-pyrrole nitrogens is 1. The molecule has 36 heavy (non-hydrogen) atoms. The van der Waals surface area contributed by atoms with Crippen LogP contribution >= 0.6 is 0 Å². The highest BCUT2D eigenvalue weighted by Gasteiger charge is 2.42. The number of phenolic OH excluding ortho intramolecular Hbond substituents is 1. The molecule has 1 aromatic heterocycles. The molecule has 184 valence electrons. The second-order valence-corrected chi connectivity index (χ2v) is 8.81. The normalized spacial score (nSPS) is 14.7. The zero-order valence-electron chi connectivity index (χ0n) is 20.6. The minimum atomic E-state index is -0.327. The molecule has 7 heteroatoms. The molecule has 1 atom stereocenters. The van der Waals surface area contributed by atoms with Crippen LogP contribution in [0, 0.1) is 0 Å². The third-order valence-electron chi connectivity index (χ3n) is 6.82. The van der Waals surface area contributed by atoms with Gasteiger partial charge in [-0.15, -0.1) is 0 Å². The molecule has 3 aromatic carbocycles. The molecule has 0 unspecified atom stereocenters. The summed E-state index contributed by atoms with van der Waals surface area (Å²) in [5, 5.41) is 18.0. The summed E-state index contributed by atoms with van der Waals surface area (Å²) in [6, 6.07) is 20.9. The fourth-order valence-electron chi connectivity index (χ4n) is 4.87. The summed E-state index contributed by atoms with van der Waals surface area (Å²) in [6.07, 6.45) is 1.58. The molecule has 0 fully saturated rings. The summed E-state index contributed by atoms with van der Waals surface area (Å²) in [5.41, 5.74) is 5.71. The second-order valence-electron chi connectivity index (χ2n) is 8.81. The lowest BCUT2D eigenvalue weighted by Crippen LogP contribution is -2.31. The zero-order valence-corrected chi connectivity index (χ0v) is 20.6. The Kier molecular flexibility index (Phi) is 6.38. The van der Waals surface area contributed by atoms with Gasteiger partial charge in [0, 0.05) is 17.7 Å². The van der Waals surface area contributed by atoms with Crippen LogP contribution in [-0.2, 0) is 12.8 Å². The number of ether oxygens (including phenoxy) is 2. The van der Waals surface area contributed by atoms with Crippen LogP contribution in [0.25, 0.3) is 11.3 Å². The van der Waals surface area contributed by atoms with Crippen molar-refractivity contribution in [3.8, 4) is 28.5 Å². The Balaban J connectivity index is 1.54. The molecule has 0 radical (unpaired) electrons. The van der Waals surface area contributed by atoms with Gasteiger partial charge in [0.2, 0.25) is 0 Å². The molecule has 0 saturated carbocycles. The number of aromatic hydroxyl groups is 1. The van der Waals surface area contributed by atoms with E-state index in [4.69, 9.17) is 9.47 Å². The van der Waals surface area contributed by atoms with E-state index >= 15 is 0 Å². The van der Waals surface area contributed by atoms with Crippen LogP contribution in [0.1, 0.15) is 45.7 Å². The maximum Gasteiger partial charge on any atom is 0.273 e. The Bertz CT molecular complexity index is 1390. The number of nitrogens with one attached hydrogen (secondary N) is 1. The van der Waals surface area contributed by atoms with Crippen LogP contribution in [0.3, 0.4) is 0 Å². The van der Waals surface area contributed by atoms with Gasteiger partial charge >= 0.3 is 0 Å². The van der Waals surface area contributed by atoms with Crippen molar-refractivity contribution >= 4 is 5.91 Å². The molecule has 1 amide bonds. The van der Waals surface area contributed by atoms with Gasteiger partial charge < -0.3 is 19.5 Å². The number of para-hydroxylation sites is 1. The molecular formula is C29H29N3O4. The van der Waals surface area contributed by atoms with E-state index in [1.807, 2.05) is 35.2 Å². The van der Waals surface area contributed by atoms with Crippen LogP contribution in [0.2, 0.25) is 0 Å². The Morgan fingerprint density at radius 2 is 1.69 bits per heavy atom. The first-order chi connectivity index (χ1) is 17.5. The average molecular weight is 484 g/mol. The fraction of sp³-hybridized carbons (Fsp3) is 0.241. The predicted octanol–water partition coefficient (Wildman–Crippen LogP) is 5.15. The van der Waals surface area contributed by atoms with Crippen molar-refractivity contribution < 1.29 is 19.4 Å². The van der Waals surface area contributed by atoms with Crippen LogP contribution < -0.4 is 9.47 Å². The van der Waals surface area contributed by atoms with Crippen LogP contribution in [-0.4, -0.2) is 46.9 Å². The van der Waals surface area contributed by atoms with Crippen LogP contribution in [0.15, 0.2) is 66.7 Å². The van der Waals surface area contributed by atoms with E-state index in [2.05, 4.69) is 41.4 Å². The van der Waals surface area contributed by atoms with Crippen molar-refractivity contribution in [2.45, 2.75) is 25.8 Å². The minimum Gasteiger partial charge on any atom is -0.507 e. The van der Waals surface area contributed by atoms with Gasteiger partial charge in [0.25, 0.3) is 5.91 Å². The number of fused-ring (bicyclic) bond motifs is 1. The second kappa shape index (κ2) is 9.77. The third-order valence-corrected chi connectivity index (χ3v) is 6.82. The van der Waals surface area contributed by atoms with Crippen molar-refractivity contribution in [2.75, 3.05) is 20.8 Å². The molecule has 5 rings (SSSR count). The van der Waals surface area contributed by atoms with E-state index in [9.17, 15) is 9.90 Å². The lowest BCUT2D eigenvalue weighted by Gasteiger charge is -2.27. The van der Waals surface area contributed by atoms with Gasteiger partial charge in [-0.05, 0) is 53.8 Å². The SMILES string of the molecule is CCc1ccc([C@H]2c3c(-c4ccccc4O)n[nH]c3C(=O)N2CCc2ccc(OC)c(OC)c2)cc1. The van der Waals surface area contributed by atoms with E-state index in [1.54, 1.807) is 26.4 Å². The van der Waals surface area contributed by atoms with Gasteiger partial charge in [-0.1, -0.05) is 49.4 Å². The zero-order chi connectivity index (χ0) is 25.2. The number of aryl methyl sites for hydroxylation is 1. The van der Waals surface area contributed by atoms with E-state index < -0.39 is 0 Å². The van der Waals surface area contributed by atoms with Gasteiger partial charge in [-0.3, -0.25) is 9.89 Å². The Morgan fingerprint density at radius 1 is 0.972 bits per heavy atom. The van der Waals surface area contributed by atoms with E-state index in [0.717, 1.165) is 23.1 Å². The molecule has 0 saturated heterocycles. The Hall–Kier alpha value is -4.26. The number of benzene rings is 3. The average Bonchev–Trinajstić information content (AvgIpc) is 3.46. The number of aromatic amines is 1. The smallest absolute Gasteiger partial charge is 0.273 e. The molecule has 0 spiro atoms. The quantitative estimate of drug-likeness (QED) is 0.362. The number of amides is 1. The molecule has 1 aliphatic heterocycles. The van der Waals surface area contributed by atoms with Crippen molar-refractivity contribution in [3.63, 3.8) is 0 Å². The fourth-order valence-corrected chi connectivity index (χ4v) is 4.87. The lowest BCUT2D eigenvalue weighted by molar-refractivity contribution is 0.0746. The first-order valence-corrected chi connectivity index (χ1v) is 12.0. The van der Waals surface area contributed by atoms with Crippen molar-refractivity contribution in [1.82, 2.24) is 15.1 Å². The summed E-state index contributed by atoms with van der Waals surface area (Å²) in [6.45, 7) is 2.62. The number of hydrogen-bond donors (Lipinski definition) is 2. The van der Waals surface area contributed by atoms with E-state index in [0.29, 0.717) is 41.4 Å². The highest BCUT2D eigenvalue weighted by atomic mass is 16.5. The lowest BCUT2D eigenvalue weighted by atomic mass is 9.94. The Morgan fingerprint density at radius 3 is 2.39 bits per heavy atom. The monoisotopic (exact) mass is 483 g/mol. The standard InChI is InChI=1S/C29H29N3O4/c1-4-18-9-12-20(13-10-18)28-25-26(21-7-5-6-8-22(21)33)30-31-27(25)29(34)32(28)16-15-19-11-14-23(35-2)24(17-19)36-3/h5-14,17,28,33H,4,15-16H2,1-3H3,(H,30,31)/t28-/m0/s1. The molecule has 1 aliphatic rings. The van der Waals surface area contributed by atoms with Crippen LogP contribution in [0.4, 0.5) is 0 Å². The maximum absolute atomic E-state index is 13.6. The number of aromatic nitrogens is 2. The molecule has 0 aliphatic carbocycles. The molecule has 2 heterocycles. The van der Waals surface area contributed by atoms with E-state index in [1.165, 1.54) is 5.56 Å². The third kappa shape index (κ3) is 4.06. The number of carbonyl (C=O) groups is 1. The summed E-state index contributed by atoms with van der Waals surface area (Å²) < 4.78 is 10.8. The topological polar surface area (TPSA) is 87.7 Å². The highest BCUT2D eigenvalue weighted by Crippen LogP contribution is 2.44. The summed E-state index contributed by atoms with van der Waals surface area (Å²) in [7, 11) is 3.22. The predicted molar refractivity (Wildman–Crippen MR) is 138 cm³/mol. The molecular weight excluding hydrogens is 454 g/mol. The van der Waals surface area contributed by atoms with Gasteiger partial charge in [-0.2, -0.15) is 5.10 Å². The minimum absolute atomic E-state index is 0.107. The van der Waals surface area contributed by atoms with Gasteiger partial charge in [0.1, 0.15) is 17.1 Å². The van der Waals surface area contributed by atoms with Gasteiger partial charge in [0.15, 0.2) is 11.5 Å². The number of hydrogen-bond acceptors (Lipinski definition) is 5. The molecule has 4 aromatic rings. The van der Waals surface area contributed by atoms with Crippen molar-refractivity contribution in [3.05, 3.63) is 94.7 Å². The summed E-state index contributed by atoms with van der Waals surface area (Å²) in [5.74, 6) is 1.35. The summed E-state index contributed by atoms with van der Waals surface area (Å²) >= 11 is 0. The van der Waals surface area contributed by atoms with Crippen molar-refractivity contribution in [2.24, 2.45) is 0 Å². The number of nitrogens with zero attached hydrogens (tertiary/aromatic N) is 2. The van der Waals surface area contributed by atoms with Crippen molar-refractivity contribution in [1.29, 1.82) is 0 Å². The highest BCUT2D eigenvalue weighted by molar-refractivity contribution is 6.00. The van der Waals surface area contributed by atoms with Crippen LogP contribution in [0.5, 0.6) is 17.2 Å². The molecule has 7 nitrogen and oxygen atoms in total. The number of methoxy groups -OCH3 is 2. The molecule has 2 N–H and O–H groups in total. The summed E-state index contributed by atoms with van der Waals surface area (Å²) in [4.78, 5) is 15.5. The van der Waals surface area contributed by atoms with Gasteiger partial charge in [-0.25, -0.2) is 0 Å². The Labute approximate surface area is 210 Å². The first kappa shape index (κ1) is 23.5.